The van der Waals surface area contributed by atoms with Gasteiger partial charge in [0.2, 0.25) is 0 Å². The van der Waals surface area contributed by atoms with E-state index in [1.807, 2.05) is 6.92 Å². The summed E-state index contributed by atoms with van der Waals surface area (Å²) in [5.41, 5.74) is 2.14. The summed E-state index contributed by atoms with van der Waals surface area (Å²) in [4.78, 5) is 15.8. The summed E-state index contributed by atoms with van der Waals surface area (Å²) in [6.45, 7) is 2.20. The molecule has 1 fully saturated rings. The van der Waals surface area contributed by atoms with Crippen LogP contribution >= 0.6 is 11.3 Å². The van der Waals surface area contributed by atoms with Gasteiger partial charge in [-0.15, -0.1) is 11.3 Å². The van der Waals surface area contributed by atoms with Gasteiger partial charge in [-0.3, -0.25) is 0 Å². The lowest BCUT2D eigenvalue weighted by molar-refractivity contribution is 0.0521. The molecule has 0 saturated heterocycles. The zero-order chi connectivity index (χ0) is 12.8. The van der Waals surface area contributed by atoms with Crippen LogP contribution in [0.2, 0.25) is 0 Å². The summed E-state index contributed by atoms with van der Waals surface area (Å²) in [5, 5.41) is 4.33. The summed E-state index contributed by atoms with van der Waals surface area (Å²) in [6.07, 6.45) is 7.55. The molecular formula is C13H20N2O2S. The van der Waals surface area contributed by atoms with E-state index >= 15 is 0 Å². The lowest BCUT2D eigenvalue weighted by Crippen LogP contribution is -2.19. The molecule has 0 aromatic carbocycles. The van der Waals surface area contributed by atoms with Crippen LogP contribution in [0.25, 0.3) is 0 Å². The van der Waals surface area contributed by atoms with Crippen LogP contribution in [-0.2, 0) is 4.74 Å². The first-order valence-electron chi connectivity index (χ1n) is 6.68. The Hall–Kier alpha value is -1.10. The maximum absolute atomic E-state index is 11.7. The van der Waals surface area contributed by atoms with Gasteiger partial charge in [0.25, 0.3) is 0 Å². The van der Waals surface area contributed by atoms with Crippen LogP contribution in [0.5, 0.6) is 0 Å². The molecule has 0 radical (unpaired) electrons. The van der Waals surface area contributed by atoms with E-state index in [0.29, 0.717) is 18.3 Å². The molecule has 0 atom stereocenters. The molecule has 18 heavy (non-hydrogen) atoms. The lowest BCUT2D eigenvalue weighted by atomic mass is 10.1. The van der Waals surface area contributed by atoms with E-state index in [2.05, 4.69) is 10.3 Å². The largest absolute Gasteiger partial charge is 0.461 e. The highest BCUT2D eigenvalue weighted by atomic mass is 32.1. The second-order valence-corrected chi connectivity index (χ2v) is 5.44. The number of ether oxygens (including phenoxy) is 1. The summed E-state index contributed by atoms with van der Waals surface area (Å²) in [6, 6.07) is 0.473. The Kier molecular flexibility index (Phi) is 4.99. The molecule has 0 bridgehead atoms. The van der Waals surface area contributed by atoms with Crippen molar-refractivity contribution in [1.29, 1.82) is 0 Å². The highest BCUT2D eigenvalue weighted by Crippen LogP contribution is 2.26. The van der Waals surface area contributed by atoms with E-state index in [0.717, 1.165) is 5.00 Å². The lowest BCUT2D eigenvalue weighted by Gasteiger charge is -2.16. The van der Waals surface area contributed by atoms with Gasteiger partial charge in [-0.05, 0) is 19.8 Å². The Morgan fingerprint density at radius 2 is 2.17 bits per heavy atom. The predicted molar refractivity (Wildman–Crippen MR) is 73.2 cm³/mol. The average Bonchev–Trinajstić information content (AvgIpc) is 2.66. The number of hydrogen-bond acceptors (Lipinski definition) is 5. The SMILES string of the molecule is CCOC(=O)c1ncsc1NC1CCCCCC1. The normalized spacial score (nSPS) is 17.2. The molecule has 1 aliphatic rings. The first kappa shape index (κ1) is 13.3. The Bertz CT molecular complexity index is 384. The molecular weight excluding hydrogens is 248 g/mol. The Morgan fingerprint density at radius 3 is 2.83 bits per heavy atom. The van der Waals surface area contributed by atoms with Crippen molar-refractivity contribution in [3.63, 3.8) is 0 Å². The number of rotatable bonds is 4. The van der Waals surface area contributed by atoms with Crippen molar-refractivity contribution in [2.75, 3.05) is 11.9 Å². The van der Waals surface area contributed by atoms with Crippen LogP contribution in [0.1, 0.15) is 55.9 Å². The number of carbonyl (C=O) groups is 1. The minimum atomic E-state index is -0.324. The van der Waals surface area contributed by atoms with Gasteiger partial charge in [0.05, 0.1) is 12.1 Å². The van der Waals surface area contributed by atoms with Crippen LogP contribution in [0, 0.1) is 0 Å². The van der Waals surface area contributed by atoms with Gasteiger partial charge in [0.1, 0.15) is 5.00 Å². The number of anilines is 1. The van der Waals surface area contributed by atoms with Gasteiger partial charge in [0.15, 0.2) is 5.69 Å². The standard InChI is InChI=1S/C13H20N2O2S/c1-2-17-13(16)11-12(18-9-14-11)15-10-7-5-3-4-6-8-10/h9-10,15H,2-8H2,1H3. The molecule has 0 unspecified atom stereocenters. The molecule has 0 aliphatic heterocycles. The second-order valence-electron chi connectivity index (χ2n) is 4.58. The van der Waals surface area contributed by atoms with Crippen molar-refractivity contribution in [2.45, 2.75) is 51.5 Å². The molecule has 1 aliphatic carbocycles. The Balaban J connectivity index is 2.00. The van der Waals surface area contributed by atoms with Crippen molar-refractivity contribution < 1.29 is 9.53 Å². The first-order valence-corrected chi connectivity index (χ1v) is 7.56. The molecule has 4 nitrogen and oxygen atoms in total. The van der Waals surface area contributed by atoms with Crippen LogP contribution < -0.4 is 5.32 Å². The van der Waals surface area contributed by atoms with Gasteiger partial charge in [0, 0.05) is 6.04 Å². The van der Waals surface area contributed by atoms with Crippen LogP contribution in [0.3, 0.4) is 0 Å². The molecule has 5 heteroatoms. The molecule has 100 valence electrons. The number of thiazole rings is 1. The van der Waals surface area contributed by atoms with Crippen LogP contribution in [0.4, 0.5) is 5.00 Å². The third-order valence-corrected chi connectivity index (χ3v) is 3.98. The van der Waals surface area contributed by atoms with Crippen molar-refractivity contribution in [2.24, 2.45) is 0 Å². The van der Waals surface area contributed by atoms with Crippen LogP contribution in [-0.4, -0.2) is 23.6 Å². The smallest absolute Gasteiger partial charge is 0.360 e. The maximum Gasteiger partial charge on any atom is 0.360 e. The highest BCUT2D eigenvalue weighted by molar-refractivity contribution is 7.14. The van der Waals surface area contributed by atoms with Gasteiger partial charge in [-0.1, -0.05) is 25.7 Å². The number of nitrogens with one attached hydrogen (secondary N) is 1. The summed E-state index contributed by atoms with van der Waals surface area (Å²) < 4.78 is 5.01. The molecule has 0 amide bonds. The number of carbonyl (C=O) groups excluding carboxylic acids is 1. The third kappa shape index (κ3) is 3.45. The monoisotopic (exact) mass is 268 g/mol. The molecule has 2 rings (SSSR count). The first-order chi connectivity index (χ1) is 8.81. The molecule has 1 saturated carbocycles. The van der Waals surface area contributed by atoms with Crippen molar-refractivity contribution in [1.82, 2.24) is 4.98 Å². The van der Waals surface area contributed by atoms with Crippen molar-refractivity contribution in [3.05, 3.63) is 11.2 Å². The highest BCUT2D eigenvalue weighted by Gasteiger charge is 2.19. The van der Waals surface area contributed by atoms with Gasteiger partial charge >= 0.3 is 5.97 Å². The van der Waals surface area contributed by atoms with E-state index in [1.165, 1.54) is 49.9 Å². The Morgan fingerprint density at radius 1 is 1.44 bits per heavy atom. The molecule has 0 spiro atoms. The maximum atomic E-state index is 11.7. The van der Waals surface area contributed by atoms with Gasteiger partial charge in [-0.25, -0.2) is 9.78 Å². The fraction of sp³-hybridized carbons (Fsp3) is 0.692. The van der Waals surface area contributed by atoms with Crippen molar-refractivity contribution >= 4 is 22.3 Å². The zero-order valence-corrected chi connectivity index (χ0v) is 11.6. The van der Waals surface area contributed by atoms with Crippen molar-refractivity contribution in [3.8, 4) is 0 Å². The molecule has 1 N–H and O–H groups in total. The van der Waals surface area contributed by atoms with Crippen LogP contribution in [0.15, 0.2) is 5.51 Å². The molecule has 1 heterocycles. The predicted octanol–water partition coefficient (Wildman–Crippen LogP) is 3.45. The van der Waals surface area contributed by atoms with E-state index in [9.17, 15) is 4.79 Å². The molecule has 1 aromatic rings. The number of nitrogens with zero attached hydrogens (tertiary/aromatic N) is 1. The average molecular weight is 268 g/mol. The fourth-order valence-electron chi connectivity index (χ4n) is 2.30. The minimum absolute atomic E-state index is 0.324. The topological polar surface area (TPSA) is 51.2 Å². The minimum Gasteiger partial charge on any atom is -0.461 e. The Labute approximate surface area is 112 Å². The van der Waals surface area contributed by atoms with Gasteiger partial charge in [-0.2, -0.15) is 0 Å². The van der Waals surface area contributed by atoms with E-state index in [-0.39, 0.29) is 5.97 Å². The summed E-state index contributed by atoms with van der Waals surface area (Å²) in [5.74, 6) is -0.324. The summed E-state index contributed by atoms with van der Waals surface area (Å²) >= 11 is 1.48. The number of hydrogen-bond donors (Lipinski definition) is 1. The number of aromatic nitrogens is 1. The fourth-order valence-corrected chi connectivity index (χ4v) is 3.05. The van der Waals surface area contributed by atoms with Gasteiger partial charge < -0.3 is 10.1 Å². The number of esters is 1. The van der Waals surface area contributed by atoms with E-state index < -0.39 is 0 Å². The molecule has 1 aromatic heterocycles. The third-order valence-electron chi connectivity index (χ3n) is 3.23. The zero-order valence-electron chi connectivity index (χ0n) is 10.8. The van der Waals surface area contributed by atoms with E-state index in [1.54, 1.807) is 5.51 Å². The summed E-state index contributed by atoms with van der Waals surface area (Å²) in [7, 11) is 0. The second kappa shape index (κ2) is 6.73. The quantitative estimate of drug-likeness (QED) is 0.671. The van der Waals surface area contributed by atoms with E-state index in [4.69, 9.17) is 4.74 Å².